The van der Waals surface area contributed by atoms with Crippen LogP contribution in [-0.2, 0) is 9.53 Å². The second kappa shape index (κ2) is 4.89. The van der Waals surface area contributed by atoms with E-state index < -0.39 is 0 Å². The molecule has 0 bridgehead atoms. The monoisotopic (exact) mass is 209 g/mol. The van der Waals surface area contributed by atoms with Gasteiger partial charge >= 0.3 is 0 Å². The Kier molecular flexibility index (Phi) is 3.81. The minimum atomic E-state index is -0.366. The quantitative estimate of drug-likeness (QED) is 0.688. The van der Waals surface area contributed by atoms with Crippen molar-refractivity contribution >= 4 is 11.6 Å². The molecule has 0 radical (unpaired) electrons. The molecular formula is C10H15N3O2. The van der Waals surface area contributed by atoms with Crippen molar-refractivity contribution in [3.8, 4) is 6.07 Å². The zero-order valence-corrected chi connectivity index (χ0v) is 9.04. The zero-order valence-electron chi connectivity index (χ0n) is 9.04. The van der Waals surface area contributed by atoms with Gasteiger partial charge in [-0.2, -0.15) is 10.4 Å². The van der Waals surface area contributed by atoms with E-state index in [0.29, 0.717) is 13.0 Å². The zero-order chi connectivity index (χ0) is 11.3. The fourth-order valence-corrected chi connectivity index (χ4v) is 1.42. The average Bonchev–Trinajstić information content (AvgIpc) is 2.14. The number of amides is 1. The lowest BCUT2D eigenvalue weighted by Crippen LogP contribution is -2.35. The Balaban J connectivity index is 2.46. The summed E-state index contributed by atoms with van der Waals surface area (Å²) in [7, 11) is 0. The fourth-order valence-electron chi connectivity index (χ4n) is 1.42. The van der Waals surface area contributed by atoms with Gasteiger partial charge in [-0.15, -0.1) is 0 Å². The molecule has 1 fully saturated rings. The van der Waals surface area contributed by atoms with Crippen molar-refractivity contribution in [3.63, 3.8) is 0 Å². The average molecular weight is 209 g/mol. The third-order valence-electron chi connectivity index (χ3n) is 2.09. The van der Waals surface area contributed by atoms with E-state index in [4.69, 9.17) is 10.00 Å². The van der Waals surface area contributed by atoms with Crippen molar-refractivity contribution < 1.29 is 9.53 Å². The molecule has 0 aliphatic carbocycles. The summed E-state index contributed by atoms with van der Waals surface area (Å²) in [6, 6.07) is 1.77. The molecule has 82 valence electrons. The lowest BCUT2D eigenvalue weighted by molar-refractivity contribution is -0.120. The Morgan fingerprint density at radius 2 is 2.47 bits per heavy atom. The summed E-state index contributed by atoms with van der Waals surface area (Å²) >= 11 is 0. The van der Waals surface area contributed by atoms with Gasteiger partial charge in [-0.3, -0.25) is 4.79 Å². The molecule has 1 rings (SSSR count). The maximum Gasteiger partial charge on any atom is 0.254 e. The molecule has 1 aliphatic rings. The molecule has 1 amide bonds. The highest BCUT2D eigenvalue weighted by Gasteiger charge is 2.25. The van der Waals surface area contributed by atoms with Crippen LogP contribution in [0.15, 0.2) is 5.10 Å². The van der Waals surface area contributed by atoms with Crippen molar-refractivity contribution in [1.29, 1.82) is 5.26 Å². The van der Waals surface area contributed by atoms with Crippen molar-refractivity contribution in [2.75, 3.05) is 6.61 Å². The number of nitriles is 1. The van der Waals surface area contributed by atoms with E-state index in [1.54, 1.807) is 6.07 Å². The maximum absolute atomic E-state index is 11.0. The lowest BCUT2D eigenvalue weighted by atomic mass is 9.97. The molecule has 0 aromatic rings. The van der Waals surface area contributed by atoms with E-state index >= 15 is 0 Å². The second-order valence-corrected chi connectivity index (χ2v) is 4.08. The molecule has 5 heteroatoms. The number of ether oxygens (including phenoxy) is 1. The van der Waals surface area contributed by atoms with E-state index in [1.165, 1.54) is 0 Å². The molecule has 15 heavy (non-hydrogen) atoms. The van der Waals surface area contributed by atoms with Crippen LogP contribution in [0.2, 0.25) is 0 Å². The Labute approximate surface area is 89.1 Å². The van der Waals surface area contributed by atoms with Gasteiger partial charge in [-0.1, -0.05) is 0 Å². The number of hydrogen-bond acceptors (Lipinski definition) is 4. The molecule has 1 N–H and O–H groups in total. The second-order valence-electron chi connectivity index (χ2n) is 4.08. The summed E-state index contributed by atoms with van der Waals surface area (Å²) < 4.78 is 5.50. The molecule has 1 heterocycles. The summed E-state index contributed by atoms with van der Waals surface area (Å²) in [5, 5.41) is 12.3. The van der Waals surface area contributed by atoms with E-state index in [2.05, 4.69) is 10.5 Å². The van der Waals surface area contributed by atoms with Crippen molar-refractivity contribution in [2.24, 2.45) is 5.10 Å². The van der Waals surface area contributed by atoms with E-state index in [0.717, 1.165) is 12.1 Å². The Morgan fingerprint density at radius 3 is 3.07 bits per heavy atom. The van der Waals surface area contributed by atoms with Gasteiger partial charge in [-0.05, 0) is 13.8 Å². The normalized spacial score (nSPS) is 22.1. The van der Waals surface area contributed by atoms with E-state index in [9.17, 15) is 4.79 Å². The number of hydrazone groups is 1. The number of carbonyl (C=O) groups excluding carboxylic acids is 1. The van der Waals surface area contributed by atoms with Crippen LogP contribution < -0.4 is 5.43 Å². The van der Waals surface area contributed by atoms with Crippen LogP contribution in [-0.4, -0.2) is 23.8 Å². The minimum absolute atomic E-state index is 0.156. The van der Waals surface area contributed by atoms with Crippen LogP contribution >= 0.6 is 0 Å². The maximum atomic E-state index is 11.0. The summed E-state index contributed by atoms with van der Waals surface area (Å²) in [5.74, 6) is -0.366. The van der Waals surface area contributed by atoms with Gasteiger partial charge in [0.2, 0.25) is 0 Å². The summed E-state index contributed by atoms with van der Waals surface area (Å²) in [5.41, 5.74) is 3.07. The van der Waals surface area contributed by atoms with Gasteiger partial charge < -0.3 is 4.74 Å². The van der Waals surface area contributed by atoms with Crippen LogP contribution in [0, 0.1) is 11.3 Å². The van der Waals surface area contributed by atoms with Gasteiger partial charge in [-0.25, -0.2) is 5.43 Å². The van der Waals surface area contributed by atoms with Gasteiger partial charge in [0.15, 0.2) is 0 Å². The molecule has 0 unspecified atom stereocenters. The SMILES string of the molecule is CC1(C)C/C(=N/NC(=O)CC#N)CCO1. The first-order chi connectivity index (χ1) is 7.03. The standard InChI is InChI=1S/C10H15N3O2/c1-10(2)7-8(4-6-15-10)12-13-9(14)3-5-11/h3-4,6-7H2,1-2H3,(H,13,14)/b12-8+. The Morgan fingerprint density at radius 1 is 1.73 bits per heavy atom. The fraction of sp³-hybridized carbons (Fsp3) is 0.700. The summed E-state index contributed by atoms with van der Waals surface area (Å²) in [6.45, 7) is 4.59. The molecule has 1 aliphatic heterocycles. The van der Waals surface area contributed by atoms with Crippen LogP contribution in [0.1, 0.15) is 33.1 Å². The van der Waals surface area contributed by atoms with Gasteiger partial charge in [0.25, 0.3) is 5.91 Å². The highest BCUT2D eigenvalue weighted by atomic mass is 16.5. The molecule has 1 saturated heterocycles. The first-order valence-electron chi connectivity index (χ1n) is 4.89. The minimum Gasteiger partial charge on any atom is -0.375 e. The highest BCUT2D eigenvalue weighted by molar-refractivity contribution is 5.87. The molecule has 0 spiro atoms. The van der Waals surface area contributed by atoms with Crippen LogP contribution in [0.3, 0.4) is 0 Å². The Bertz CT molecular complexity index is 315. The van der Waals surface area contributed by atoms with Crippen molar-refractivity contribution in [1.82, 2.24) is 5.43 Å². The first kappa shape index (κ1) is 11.7. The first-order valence-corrected chi connectivity index (χ1v) is 4.89. The number of hydrogen-bond donors (Lipinski definition) is 1. The van der Waals surface area contributed by atoms with Crippen molar-refractivity contribution in [3.05, 3.63) is 0 Å². The highest BCUT2D eigenvalue weighted by Crippen LogP contribution is 2.21. The predicted octanol–water partition coefficient (Wildman–Crippen LogP) is 0.961. The van der Waals surface area contributed by atoms with Gasteiger partial charge in [0.05, 0.1) is 18.3 Å². The third kappa shape index (κ3) is 4.09. The van der Waals surface area contributed by atoms with E-state index in [1.807, 2.05) is 13.8 Å². The lowest BCUT2D eigenvalue weighted by Gasteiger charge is -2.30. The topological polar surface area (TPSA) is 74.5 Å². The molecule has 5 nitrogen and oxygen atoms in total. The van der Waals surface area contributed by atoms with Gasteiger partial charge in [0.1, 0.15) is 6.42 Å². The molecule has 0 saturated carbocycles. The summed E-state index contributed by atoms with van der Waals surface area (Å²) in [4.78, 5) is 11.0. The molecule has 0 atom stereocenters. The molecule has 0 aromatic carbocycles. The van der Waals surface area contributed by atoms with Crippen LogP contribution in [0.25, 0.3) is 0 Å². The van der Waals surface area contributed by atoms with Gasteiger partial charge in [0, 0.05) is 18.6 Å². The molecule has 0 aromatic heterocycles. The number of nitrogens with zero attached hydrogens (tertiary/aromatic N) is 2. The Hall–Kier alpha value is -1.41. The smallest absolute Gasteiger partial charge is 0.254 e. The predicted molar refractivity (Wildman–Crippen MR) is 55.1 cm³/mol. The van der Waals surface area contributed by atoms with Crippen molar-refractivity contribution in [2.45, 2.75) is 38.7 Å². The van der Waals surface area contributed by atoms with Crippen LogP contribution in [0.5, 0.6) is 0 Å². The number of rotatable bonds is 2. The third-order valence-corrected chi connectivity index (χ3v) is 2.09. The largest absolute Gasteiger partial charge is 0.375 e. The van der Waals surface area contributed by atoms with Crippen LogP contribution in [0.4, 0.5) is 0 Å². The number of carbonyl (C=O) groups is 1. The number of nitrogens with one attached hydrogen (secondary N) is 1. The summed E-state index contributed by atoms with van der Waals surface area (Å²) in [6.07, 6.45) is 1.28. The molecular weight excluding hydrogens is 194 g/mol. The van der Waals surface area contributed by atoms with E-state index in [-0.39, 0.29) is 17.9 Å².